The zero-order valence-corrected chi connectivity index (χ0v) is 22.1. The van der Waals surface area contributed by atoms with Gasteiger partial charge in [0.25, 0.3) is 5.91 Å². The summed E-state index contributed by atoms with van der Waals surface area (Å²) in [6, 6.07) is 23.7. The molecule has 0 aliphatic heterocycles. The molecule has 1 saturated carbocycles. The molecule has 0 atom stereocenters. The molecule has 1 aliphatic carbocycles. The third kappa shape index (κ3) is 4.76. The Morgan fingerprint density at radius 1 is 0.949 bits per heavy atom. The van der Waals surface area contributed by atoms with Crippen LogP contribution in [0.3, 0.4) is 0 Å². The van der Waals surface area contributed by atoms with Crippen LogP contribution in [0.4, 0.5) is 0 Å². The second-order valence-electron chi connectivity index (χ2n) is 10.6. The number of nitrogens with one attached hydrogen (secondary N) is 1. The molecule has 0 radical (unpaired) electrons. The first kappa shape index (κ1) is 25.1. The van der Waals surface area contributed by atoms with Gasteiger partial charge in [-0.15, -0.1) is 0 Å². The quantitative estimate of drug-likeness (QED) is 0.330. The minimum Gasteiger partial charge on any atom is -0.394 e. The fourth-order valence-corrected chi connectivity index (χ4v) is 5.91. The summed E-state index contributed by atoms with van der Waals surface area (Å²) >= 11 is 0. The van der Waals surface area contributed by atoms with Crippen LogP contribution < -0.4 is 11.0 Å². The molecule has 8 nitrogen and oxygen atoms in total. The van der Waals surface area contributed by atoms with Gasteiger partial charge < -0.3 is 10.4 Å². The maximum atomic E-state index is 13.6. The molecular formula is C31H33N5O3. The van der Waals surface area contributed by atoms with Crippen molar-refractivity contribution >= 4 is 27.8 Å². The number of hydrogen-bond acceptors (Lipinski definition) is 4. The minimum absolute atomic E-state index is 0.0143. The lowest BCUT2D eigenvalue weighted by Crippen LogP contribution is -2.39. The van der Waals surface area contributed by atoms with E-state index < -0.39 is 0 Å². The molecule has 2 aromatic heterocycles. The predicted molar refractivity (Wildman–Crippen MR) is 152 cm³/mol. The summed E-state index contributed by atoms with van der Waals surface area (Å²) in [6.45, 7) is 2.89. The highest BCUT2D eigenvalue weighted by atomic mass is 16.3. The average Bonchev–Trinajstić information content (AvgIpc) is 3.45. The van der Waals surface area contributed by atoms with Crippen LogP contribution in [0.5, 0.6) is 0 Å². The Hall–Kier alpha value is -4.17. The minimum atomic E-state index is -0.155. The van der Waals surface area contributed by atoms with Gasteiger partial charge >= 0.3 is 5.69 Å². The van der Waals surface area contributed by atoms with Gasteiger partial charge in [0.15, 0.2) is 0 Å². The van der Waals surface area contributed by atoms with Gasteiger partial charge in [-0.3, -0.25) is 18.6 Å². The zero-order valence-electron chi connectivity index (χ0n) is 22.1. The van der Waals surface area contributed by atoms with Crippen LogP contribution in [0.2, 0.25) is 0 Å². The van der Waals surface area contributed by atoms with Crippen molar-refractivity contribution in [3.8, 4) is 5.69 Å². The molecule has 8 heteroatoms. The standard InChI is InChI=1S/C31H33N5O3/c1-21-10-16-24(17-11-21)36-28-9-5-4-8-27(28)34(31(36)39)20-22-12-14-23(15-13-22)32-30(38)29-25-6-2-3-7-26(25)33-35(29)18-19-37/h2-11,16-17,22-23,37H,12-15,18-20H2,1H3,(H,32,38). The van der Waals surface area contributed by atoms with Crippen LogP contribution >= 0.6 is 0 Å². The van der Waals surface area contributed by atoms with E-state index in [9.17, 15) is 14.7 Å². The molecule has 6 rings (SSSR count). The van der Waals surface area contributed by atoms with Crippen molar-refractivity contribution in [2.24, 2.45) is 5.92 Å². The molecule has 1 amide bonds. The Labute approximate surface area is 226 Å². The molecule has 0 unspecified atom stereocenters. The number of aliphatic hydroxyl groups is 1. The van der Waals surface area contributed by atoms with Crippen molar-refractivity contribution in [2.75, 3.05) is 6.61 Å². The summed E-state index contributed by atoms with van der Waals surface area (Å²) in [5.74, 6) is 0.201. The van der Waals surface area contributed by atoms with Crippen molar-refractivity contribution < 1.29 is 9.90 Å². The van der Waals surface area contributed by atoms with E-state index in [2.05, 4.69) is 10.4 Å². The number of aryl methyl sites for hydroxylation is 1. The van der Waals surface area contributed by atoms with Gasteiger partial charge in [0.1, 0.15) is 5.69 Å². The first-order valence-corrected chi connectivity index (χ1v) is 13.7. The average molecular weight is 524 g/mol. The maximum Gasteiger partial charge on any atom is 0.333 e. The molecule has 2 N–H and O–H groups in total. The number of hydrogen-bond donors (Lipinski definition) is 2. The molecule has 3 aromatic carbocycles. The van der Waals surface area contributed by atoms with E-state index in [1.807, 2.05) is 84.3 Å². The molecule has 5 aromatic rings. The monoisotopic (exact) mass is 523 g/mol. The second kappa shape index (κ2) is 10.5. The number of imidazole rings is 1. The lowest BCUT2D eigenvalue weighted by atomic mass is 9.86. The summed E-state index contributed by atoms with van der Waals surface area (Å²) in [4.78, 5) is 26.9. The fraction of sp³-hybridized carbons (Fsp3) is 0.323. The van der Waals surface area contributed by atoms with Crippen molar-refractivity contribution in [1.29, 1.82) is 0 Å². The highest BCUT2D eigenvalue weighted by Gasteiger charge is 2.27. The third-order valence-corrected chi connectivity index (χ3v) is 7.92. The number of fused-ring (bicyclic) bond motifs is 2. The number of benzene rings is 3. The van der Waals surface area contributed by atoms with E-state index in [-0.39, 0.29) is 30.8 Å². The summed E-state index contributed by atoms with van der Waals surface area (Å²) in [7, 11) is 0. The third-order valence-electron chi connectivity index (χ3n) is 7.92. The first-order chi connectivity index (χ1) is 19.0. The van der Waals surface area contributed by atoms with E-state index in [0.717, 1.165) is 58.9 Å². The second-order valence-corrected chi connectivity index (χ2v) is 10.6. The fourth-order valence-electron chi connectivity index (χ4n) is 5.91. The van der Waals surface area contributed by atoms with E-state index in [1.54, 1.807) is 9.25 Å². The number of rotatable bonds is 7. The number of carbonyl (C=O) groups excluding carboxylic acids is 1. The Bertz CT molecular complexity index is 1690. The molecule has 0 spiro atoms. The molecule has 1 fully saturated rings. The van der Waals surface area contributed by atoms with Crippen molar-refractivity contribution in [2.45, 2.75) is 51.7 Å². The highest BCUT2D eigenvalue weighted by molar-refractivity contribution is 6.05. The van der Waals surface area contributed by atoms with E-state index in [4.69, 9.17) is 0 Å². The Morgan fingerprint density at radius 2 is 1.64 bits per heavy atom. The number of aliphatic hydroxyl groups excluding tert-OH is 1. The van der Waals surface area contributed by atoms with Crippen molar-refractivity contribution in [3.05, 3.63) is 94.5 Å². The molecule has 1 aliphatic rings. The molecular weight excluding hydrogens is 490 g/mol. The Morgan fingerprint density at radius 3 is 2.38 bits per heavy atom. The van der Waals surface area contributed by atoms with Crippen LogP contribution in [0.1, 0.15) is 41.7 Å². The highest BCUT2D eigenvalue weighted by Crippen LogP contribution is 2.28. The van der Waals surface area contributed by atoms with E-state index in [0.29, 0.717) is 18.2 Å². The summed E-state index contributed by atoms with van der Waals surface area (Å²) in [5, 5.41) is 18.0. The van der Waals surface area contributed by atoms with Crippen molar-refractivity contribution in [1.82, 2.24) is 24.2 Å². The van der Waals surface area contributed by atoms with Crippen molar-refractivity contribution in [3.63, 3.8) is 0 Å². The maximum absolute atomic E-state index is 13.6. The normalized spacial score (nSPS) is 17.6. The lowest BCUT2D eigenvalue weighted by Gasteiger charge is -2.29. The van der Waals surface area contributed by atoms with Crippen LogP contribution in [0, 0.1) is 12.8 Å². The summed E-state index contributed by atoms with van der Waals surface area (Å²) in [6.07, 6.45) is 3.57. The van der Waals surface area contributed by atoms with Gasteiger partial charge in [0, 0.05) is 18.0 Å². The van der Waals surface area contributed by atoms with E-state index >= 15 is 0 Å². The topological polar surface area (TPSA) is 94.1 Å². The number of amides is 1. The zero-order chi connectivity index (χ0) is 26.9. The van der Waals surface area contributed by atoms with Gasteiger partial charge in [-0.25, -0.2) is 4.79 Å². The SMILES string of the molecule is Cc1ccc(-n2c(=O)n(CC3CCC(NC(=O)c4c5ccccc5nn4CCO)CC3)c3ccccc32)cc1. The molecule has 0 saturated heterocycles. The Balaban J connectivity index is 1.17. The summed E-state index contributed by atoms with van der Waals surface area (Å²) in [5.41, 5.74) is 5.12. The molecule has 2 heterocycles. The number of carbonyl (C=O) groups is 1. The van der Waals surface area contributed by atoms with Crippen LogP contribution in [-0.2, 0) is 13.1 Å². The van der Waals surface area contributed by atoms with Gasteiger partial charge in [0.05, 0.1) is 35.4 Å². The van der Waals surface area contributed by atoms with Crippen LogP contribution in [0.15, 0.2) is 77.6 Å². The summed E-state index contributed by atoms with van der Waals surface area (Å²) < 4.78 is 5.32. The molecule has 200 valence electrons. The van der Waals surface area contributed by atoms with Gasteiger partial charge in [-0.05, 0) is 68.9 Å². The predicted octanol–water partition coefficient (Wildman–Crippen LogP) is 4.43. The number of aromatic nitrogens is 4. The van der Waals surface area contributed by atoms with E-state index in [1.165, 1.54) is 0 Å². The number of para-hydroxylation sites is 2. The van der Waals surface area contributed by atoms with Gasteiger partial charge in [-0.1, -0.05) is 48.0 Å². The number of nitrogens with zero attached hydrogens (tertiary/aromatic N) is 4. The smallest absolute Gasteiger partial charge is 0.333 e. The largest absolute Gasteiger partial charge is 0.394 e. The lowest BCUT2D eigenvalue weighted by molar-refractivity contribution is 0.0909. The van der Waals surface area contributed by atoms with Crippen LogP contribution in [-0.4, -0.2) is 42.6 Å². The van der Waals surface area contributed by atoms with Crippen LogP contribution in [0.25, 0.3) is 27.6 Å². The molecule has 39 heavy (non-hydrogen) atoms. The van der Waals surface area contributed by atoms with Gasteiger partial charge in [-0.2, -0.15) is 5.10 Å². The Kier molecular flexibility index (Phi) is 6.79. The molecule has 0 bridgehead atoms. The first-order valence-electron chi connectivity index (χ1n) is 13.7. The van der Waals surface area contributed by atoms with Gasteiger partial charge in [0.2, 0.25) is 0 Å².